The van der Waals surface area contributed by atoms with Crippen LogP contribution in [0.3, 0.4) is 0 Å². The van der Waals surface area contributed by atoms with Crippen LogP contribution in [0.5, 0.6) is 5.75 Å². The summed E-state index contributed by atoms with van der Waals surface area (Å²) < 4.78 is 4.93. The third kappa shape index (κ3) is 3.01. The van der Waals surface area contributed by atoms with Gasteiger partial charge in [-0.05, 0) is 54.8 Å². The highest BCUT2D eigenvalue weighted by atomic mass is 16.3. The van der Waals surface area contributed by atoms with Crippen molar-refractivity contribution in [3.05, 3.63) is 53.0 Å². The van der Waals surface area contributed by atoms with Crippen molar-refractivity contribution in [3.63, 3.8) is 0 Å². The Hall–Kier alpha value is -2.56. The Kier molecular flexibility index (Phi) is 3.66. The number of phenols is 1. The van der Waals surface area contributed by atoms with Crippen molar-refractivity contribution in [3.8, 4) is 5.75 Å². The molecule has 0 atom stereocenters. The summed E-state index contributed by atoms with van der Waals surface area (Å²) in [5.74, 6) is 0.0699. The molecule has 0 unspecified atom stereocenters. The fourth-order valence-electron chi connectivity index (χ4n) is 1.69. The highest BCUT2D eigenvalue weighted by molar-refractivity contribution is 5.92. The zero-order valence-electron chi connectivity index (χ0n) is 10.7. The van der Waals surface area contributed by atoms with Gasteiger partial charge in [0.05, 0.1) is 12.5 Å². The molecule has 0 saturated heterocycles. The molecule has 0 spiro atoms. The minimum absolute atomic E-state index is 0.204. The molecule has 0 radical (unpaired) electrons. The van der Waals surface area contributed by atoms with Crippen LogP contribution in [0.2, 0.25) is 0 Å². The first kappa shape index (κ1) is 12.9. The van der Waals surface area contributed by atoms with Crippen LogP contribution in [0.4, 0.5) is 0 Å². The number of benzene rings is 1. The molecule has 5 nitrogen and oxygen atoms in total. The summed E-state index contributed by atoms with van der Waals surface area (Å²) in [5, 5.41) is 13.5. The number of hydrazone groups is 1. The summed E-state index contributed by atoms with van der Waals surface area (Å²) in [6, 6.07) is 6.75. The lowest BCUT2D eigenvalue weighted by molar-refractivity contribution is 0.0927. The van der Waals surface area contributed by atoms with Gasteiger partial charge in [0.15, 0.2) is 5.76 Å². The zero-order chi connectivity index (χ0) is 13.8. The van der Waals surface area contributed by atoms with Gasteiger partial charge in [-0.1, -0.05) is 0 Å². The SMILES string of the molecule is Cc1cc(C=NNC(=O)c2ccco2)cc(C)c1O. The summed E-state index contributed by atoms with van der Waals surface area (Å²) in [5.41, 5.74) is 4.69. The lowest BCUT2D eigenvalue weighted by Crippen LogP contribution is -2.16. The number of nitrogens with one attached hydrogen (secondary N) is 1. The second kappa shape index (κ2) is 5.39. The number of amides is 1. The third-order valence-corrected chi connectivity index (χ3v) is 2.64. The molecule has 1 aromatic carbocycles. The Morgan fingerprint density at radius 1 is 1.37 bits per heavy atom. The van der Waals surface area contributed by atoms with Crippen LogP contribution in [-0.2, 0) is 0 Å². The van der Waals surface area contributed by atoms with Crippen LogP contribution in [0.1, 0.15) is 27.2 Å². The van der Waals surface area contributed by atoms with Gasteiger partial charge in [0.2, 0.25) is 0 Å². The Bertz CT molecular complexity index is 593. The number of rotatable bonds is 3. The van der Waals surface area contributed by atoms with E-state index in [1.54, 1.807) is 38.1 Å². The summed E-state index contributed by atoms with van der Waals surface area (Å²) >= 11 is 0. The Labute approximate surface area is 110 Å². The summed E-state index contributed by atoms with van der Waals surface area (Å²) in [6.07, 6.45) is 2.94. The van der Waals surface area contributed by atoms with E-state index in [0.29, 0.717) is 0 Å². The molecule has 0 saturated carbocycles. The van der Waals surface area contributed by atoms with E-state index < -0.39 is 5.91 Å². The zero-order valence-corrected chi connectivity index (χ0v) is 10.7. The molecule has 98 valence electrons. The largest absolute Gasteiger partial charge is 0.507 e. The van der Waals surface area contributed by atoms with Crippen molar-refractivity contribution in [2.75, 3.05) is 0 Å². The second-order valence-corrected chi connectivity index (χ2v) is 4.18. The average molecular weight is 258 g/mol. The molecule has 0 aliphatic carbocycles. The van der Waals surface area contributed by atoms with Crippen LogP contribution >= 0.6 is 0 Å². The van der Waals surface area contributed by atoms with Gasteiger partial charge in [0.1, 0.15) is 5.75 Å². The van der Waals surface area contributed by atoms with E-state index in [0.717, 1.165) is 16.7 Å². The van der Waals surface area contributed by atoms with Crippen LogP contribution < -0.4 is 5.43 Å². The van der Waals surface area contributed by atoms with E-state index in [2.05, 4.69) is 10.5 Å². The monoisotopic (exact) mass is 258 g/mol. The first-order valence-corrected chi connectivity index (χ1v) is 5.75. The molecule has 5 heteroatoms. The molecule has 19 heavy (non-hydrogen) atoms. The van der Waals surface area contributed by atoms with Crippen molar-refractivity contribution < 1.29 is 14.3 Å². The van der Waals surface area contributed by atoms with E-state index >= 15 is 0 Å². The number of aryl methyl sites for hydroxylation is 2. The number of furan rings is 1. The molecule has 0 bridgehead atoms. The standard InChI is InChI=1S/C14H14N2O3/c1-9-6-11(7-10(2)13(9)17)8-15-16-14(18)12-4-3-5-19-12/h3-8,17H,1-2H3,(H,16,18). The third-order valence-electron chi connectivity index (χ3n) is 2.64. The number of aromatic hydroxyl groups is 1. The molecule has 2 rings (SSSR count). The van der Waals surface area contributed by atoms with E-state index in [9.17, 15) is 9.90 Å². The quantitative estimate of drug-likeness (QED) is 0.655. The molecular formula is C14H14N2O3. The van der Waals surface area contributed by atoms with Crippen LogP contribution in [-0.4, -0.2) is 17.2 Å². The summed E-state index contributed by atoms with van der Waals surface area (Å²) in [6.45, 7) is 3.61. The average Bonchev–Trinajstić information content (AvgIpc) is 2.89. The summed E-state index contributed by atoms with van der Waals surface area (Å²) in [4.78, 5) is 11.5. The van der Waals surface area contributed by atoms with Gasteiger partial charge in [-0.3, -0.25) is 4.79 Å². The van der Waals surface area contributed by atoms with E-state index in [1.165, 1.54) is 12.5 Å². The molecule has 0 aliphatic rings. The fourth-order valence-corrected chi connectivity index (χ4v) is 1.69. The molecule has 1 amide bonds. The predicted octanol–water partition coefficient (Wildman–Crippen LogP) is 2.37. The number of carbonyl (C=O) groups is 1. The first-order valence-electron chi connectivity index (χ1n) is 5.75. The van der Waals surface area contributed by atoms with Crippen molar-refractivity contribution in [1.29, 1.82) is 0 Å². The molecule has 2 aromatic rings. The Balaban J connectivity index is 2.05. The molecule has 0 aliphatic heterocycles. The molecular weight excluding hydrogens is 244 g/mol. The van der Waals surface area contributed by atoms with Gasteiger partial charge < -0.3 is 9.52 Å². The van der Waals surface area contributed by atoms with Gasteiger partial charge in [0, 0.05) is 0 Å². The summed E-state index contributed by atoms with van der Waals surface area (Å²) in [7, 11) is 0. The lowest BCUT2D eigenvalue weighted by Gasteiger charge is -2.04. The number of carbonyl (C=O) groups excluding carboxylic acids is 1. The van der Waals surface area contributed by atoms with Crippen LogP contribution in [0, 0.1) is 13.8 Å². The van der Waals surface area contributed by atoms with Gasteiger partial charge in [-0.15, -0.1) is 0 Å². The lowest BCUT2D eigenvalue weighted by atomic mass is 10.1. The van der Waals surface area contributed by atoms with Gasteiger partial charge >= 0.3 is 5.91 Å². The van der Waals surface area contributed by atoms with Crippen molar-refractivity contribution >= 4 is 12.1 Å². The number of nitrogens with zero attached hydrogens (tertiary/aromatic N) is 1. The maximum Gasteiger partial charge on any atom is 0.307 e. The maximum atomic E-state index is 11.5. The fraction of sp³-hybridized carbons (Fsp3) is 0.143. The predicted molar refractivity (Wildman–Crippen MR) is 71.3 cm³/mol. The first-order chi connectivity index (χ1) is 9.08. The Morgan fingerprint density at radius 3 is 2.63 bits per heavy atom. The topological polar surface area (TPSA) is 74.8 Å². The van der Waals surface area contributed by atoms with Crippen molar-refractivity contribution in [1.82, 2.24) is 5.43 Å². The van der Waals surface area contributed by atoms with E-state index in [4.69, 9.17) is 4.42 Å². The van der Waals surface area contributed by atoms with E-state index in [1.807, 2.05) is 0 Å². The molecule has 1 aromatic heterocycles. The molecule has 0 fully saturated rings. The smallest absolute Gasteiger partial charge is 0.307 e. The Morgan fingerprint density at radius 2 is 2.05 bits per heavy atom. The second-order valence-electron chi connectivity index (χ2n) is 4.18. The minimum atomic E-state index is -0.409. The van der Waals surface area contributed by atoms with Crippen molar-refractivity contribution in [2.45, 2.75) is 13.8 Å². The number of hydrogen-bond acceptors (Lipinski definition) is 4. The number of hydrogen-bond donors (Lipinski definition) is 2. The van der Waals surface area contributed by atoms with Crippen molar-refractivity contribution in [2.24, 2.45) is 5.10 Å². The highest BCUT2D eigenvalue weighted by Crippen LogP contribution is 2.21. The molecule has 2 N–H and O–H groups in total. The van der Waals surface area contributed by atoms with Gasteiger partial charge in [-0.2, -0.15) is 5.10 Å². The minimum Gasteiger partial charge on any atom is -0.507 e. The highest BCUT2D eigenvalue weighted by Gasteiger charge is 2.06. The number of phenolic OH excluding ortho intramolecular Hbond substituents is 1. The van der Waals surface area contributed by atoms with Crippen LogP contribution in [0.25, 0.3) is 0 Å². The normalized spacial score (nSPS) is 10.8. The van der Waals surface area contributed by atoms with Gasteiger partial charge in [0.25, 0.3) is 0 Å². The van der Waals surface area contributed by atoms with E-state index in [-0.39, 0.29) is 11.5 Å². The molecule has 1 heterocycles. The van der Waals surface area contributed by atoms with Crippen LogP contribution in [0.15, 0.2) is 40.0 Å². The maximum absolute atomic E-state index is 11.5. The van der Waals surface area contributed by atoms with Gasteiger partial charge in [-0.25, -0.2) is 5.43 Å².